The van der Waals surface area contributed by atoms with Crippen LogP contribution in [-0.2, 0) is 4.79 Å². The van der Waals surface area contributed by atoms with Gasteiger partial charge in [-0.3, -0.25) is 4.79 Å². The van der Waals surface area contributed by atoms with Gasteiger partial charge in [0.25, 0.3) is 0 Å². The first-order valence-electron chi connectivity index (χ1n) is 6.54. The monoisotopic (exact) mass is 271 g/mol. The molecule has 1 N–H and O–H groups in total. The fourth-order valence-electron chi connectivity index (χ4n) is 1.78. The lowest BCUT2D eigenvalue weighted by molar-refractivity contribution is -0.123. The molecule has 0 aromatic heterocycles. The smallest absolute Gasteiger partial charge is 0.229 e. The summed E-state index contributed by atoms with van der Waals surface area (Å²) in [7, 11) is 0. The number of amides is 1. The third-order valence-electron chi connectivity index (χ3n) is 2.94. The Balaban J connectivity index is 2.33. The second-order valence-electron chi connectivity index (χ2n) is 5.80. The summed E-state index contributed by atoms with van der Waals surface area (Å²) in [4.78, 5) is 12.0. The summed E-state index contributed by atoms with van der Waals surface area (Å²) >= 11 is 0. The SMILES string of the molecule is CC(C)(C)C(=O)Nc1cc(F)cc(-c2ccccc2)c1. The van der Waals surface area contributed by atoms with Crippen LogP contribution < -0.4 is 5.32 Å². The van der Waals surface area contributed by atoms with Crippen LogP contribution in [0.5, 0.6) is 0 Å². The highest BCUT2D eigenvalue weighted by Crippen LogP contribution is 2.25. The zero-order valence-electron chi connectivity index (χ0n) is 11.9. The lowest BCUT2D eigenvalue weighted by Gasteiger charge is -2.18. The summed E-state index contributed by atoms with van der Waals surface area (Å²) in [6, 6.07) is 14.1. The Morgan fingerprint density at radius 1 is 1.00 bits per heavy atom. The van der Waals surface area contributed by atoms with E-state index in [-0.39, 0.29) is 11.7 Å². The number of halogens is 1. The van der Waals surface area contributed by atoms with Crippen molar-refractivity contribution in [3.63, 3.8) is 0 Å². The zero-order valence-corrected chi connectivity index (χ0v) is 11.9. The average molecular weight is 271 g/mol. The topological polar surface area (TPSA) is 29.1 Å². The number of rotatable bonds is 2. The van der Waals surface area contributed by atoms with Crippen LogP contribution in [0.15, 0.2) is 48.5 Å². The van der Waals surface area contributed by atoms with Gasteiger partial charge in [-0.25, -0.2) is 4.39 Å². The molecule has 0 aliphatic rings. The number of hydrogen-bond acceptors (Lipinski definition) is 1. The van der Waals surface area contributed by atoms with Crippen molar-refractivity contribution in [1.29, 1.82) is 0 Å². The van der Waals surface area contributed by atoms with Crippen molar-refractivity contribution >= 4 is 11.6 Å². The molecule has 0 radical (unpaired) electrons. The van der Waals surface area contributed by atoms with Crippen molar-refractivity contribution < 1.29 is 9.18 Å². The Morgan fingerprint density at radius 2 is 1.65 bits per heavy atom. The van der Waals surface area contributed by atoms with Gasteiger partial charge >= 0.3 is 0 Å². The predicted octanol–water partition coefficient (Wildman–Crippen LogP) is 4.48. The van der Waals surface area contributed by atoms with E-state index in [1.54, 1.807) is 6.07 Å². The van der Waals surface area contributed by atoms with Crippen molar-refractivity contribution in [3.05, 3.63) is 54.3 Å². The highest BCUT2D eigenvalue weighted by Gasteiger charge is 2.21. The molecule has 0 unspecified atom stereocenters. The standard InChI is InChI=1S/C17H18FNO/c1-17(2,3)16(20)19-15-10-13(9-14(18)11-15)12-7-5-4-6-8-12/h4-11H,1-3H3,(H,19,20). The number of nitrogens with one attached hydrogen (secondary N) is 1. The molecule has 0 heterocycles. The number of carbonyl (C=O) groups excluding carboxylic acids is 1. The van der Waals surface area contributed by atoms with Crippen molar-refractivity contribution in [2.45, 2.75) is 20.8 Å². The molecule has 0 bridgehead atoms. The van der Waals surface area contributed by atoms with Crippen molar-refractivity contribution in [3.8, 4) is 11.1 Å². The van der Waals surface area contributed by atoms with E-state index in [0.717, 1.165) is 11.1 Å². The highest BCUT2D eigenvalue weighted by atomic mass is 19.1. The molecule has 0 spiro atoms. The molecule has 2 aromatic rings. The predicted molar refractivity (Wildman–Crippen MR) is 79.9 cm³/mol. The Hall–Kier alpha value is -2.16. The first kappa shape index (κ1) is 14.3. The van der Waals surface area contributed by atoms with E-state index in [1.807, 2.05) is 51.1 Å². The molecule has 2 aromatic carbocycles. The molecule has 0 atom stereocenters. The molecule has 0 saturated carbocycles. The van der Waals surface area contributed by atoms with Gasteiger partial charge < -0.3 is 5.32 Å². The van der Waals surface area contributed by atoms with Gasteiger partial charge in [0.2, 0.25) is 5.91 Å². The first-order chi connectivity index (χ1) is 9.36. The van der Waals surface area contributed by atoms with Gasteiger partial charge in [0, 0.05) is 11.1 Å². The maximum absolute atomic E-state index is 13.7. The van der Waals surface area contributed by atoms with Gasteiger partial charge in [-0.05, 0) is 29.3 Å². The van der Waals surface area contributed by atoms with E-state index in [2.05, 4.69) is 5.32 Å². The normalized spacial score (nSPS) is 11.2. The van der Waals surface area contributed by atoms with Crippen molar-refractivity contribution in [1.82, 2.24) is 0 Å². The van der Waals surface area contributed by atoms with Crippen LogP contribution in [0.4, 0.5) is 10.1 Å². The molecule has 3 heteroatoms. The average Bonchev–Trinajstić information content (AvgIpc) is 2.38. The Bertz CT molecular complexity index is 615. The summed E-state index contributed by atoms with van der Waals surface area (Å²) in [5, 5.41) is 2.75. The third kappa shape index (κ3) is 3.44. The number of carbonyl (C=O) groups is 1. The van der Waals surface area contributed by atoms with Gasteiger partial charge in [0.1, 0.15) is 5.82 Å². The van der Waals surface area contributed by atoms with E-state index in [4.69, 9.17) is 0 Å². The van der Waals surface area contributed by atoms with Crippen LogP contribution in [0.3, 0.4) is 0 Å². The third-order valence-corrected chi connectivity index (χ3v) is 2.94. The van der Waals surface area contributed by atoms with Crippen molar-refractivity contribution in [2.75, 3.05) is 5.32 Å². The van der Waals surface area contributed by atoms with E-state index in [9.17, 15) is 9.18 Å². The van der Waals surface area contributed by atoms with Crippen molar-refractivity contribution in [2.24, 2.45) is 5.41 Å². The minimum atomic E-state index is -0.515. The lowest BCUT2D eigenvalue weighted by Crippen LogP contribution is -2.27. The maximum atomic E-state index is 13.7. The van der Waals surface area contributed by atoms with Crippen LogP contribution in [0.1, 0.15) is 20.8 Å². The molecule has 0 aliphatic carbocycles. The first-order valence-corrected chi connectivity index (χ1v) is 6.54. The molecule has 2 nitrogen and oxygen atoms in total. The fourth-order valence-corrected chi connectivity index (χ4v) is 1.78. The lowest BCUT2D eigenvalue weighted by atomic mass is 9.95. The largest absolute Gasteiger partial charge is 0.326 e. The van der Waals surface area contributed by atoms with E-state index in [1.165, 1.54) is 12.1 Å². The number of benzene rings is 2. The van der Waals surface area contributed by atoms with Crippen LogP contribution >= 0.6 is 0 Å². The van der Waals surface area contributed by atoms with E-state index >= 15 is 0 Å². The molecule has 0 saturated heterocycles. The molecule has 2 rings (SSSR count). The molecule has 20 heavy (non-hydrogen) atoms. The molecular weight excluding hydrogens is 253 g/mol. The summed E-state index contributed by atoms with van der Waals surface area (Å²) in [5.41, 5.74) is 1.62. The fraction of sp³-hybridized carbons (Fsp3) is 0.235. The minimum absolute atomic E-state index is 0.137. The molecule has 1 amide bonds. The molecule has 0 fully saturated rings. The summed E-state index contributed by atoms with van der Waals surface area (Å²) in [5.74, 6) is -0.502. The van der Waals surface area contributed by atoms with Gasteiger partial charge in [-0.1, -0.05) is 51.1 Å². The van der Waals surface area contributed by atoms with Gasteiger partial charge in [0.05, 0.1) is 0 Å². The summed E-state index contributed by atoms with van der Waals surface area (Å²) in [6.45, 7) is 5.46. The summed E-state index contributed by atoms with van der Waals surface area (Å²) < 4.78 is 13.7. The molecule has 104 valence electrons. The van der Waals surface area contributed by atoms with Gasteiger partial charge in [-0.2, -0.15) is 0 Å². The zero-order chi connectivity index (χ0) is 14.8. The number of anilines is 1. The molecule has 0 aliphatic heterocycles. The Labute approximate surface area is 118 Å². The number of hydrogen-bond donors (Lipinski definition) is 1. The molecular formula is C17H18FNO. The van der Waals surface area contributed by atoms with E-state index < -0.39 is 5.41 Å². The van der Waals surface area contributed by atoms with Crippen LogP contribution in [-0.4, -0.2) is 5.91 Å². The second-order valence-corrected chi connectivity index (χ2v) is 5.80. The van der Waals surface area contributed by atoms with E-state index in [0.29, 0.717) is 5.69 Å². The quantitative estimate of drug-likeness (QED) is 0.857. The second kappa shape index (κ2) is 5.45. The Kier molecular flexibility index (Phi) is 3.89. The van der Waals surface area contributed by atoms with Gasteiger partial charge in [0.15, 0.2) is 0 Å². The van der Waals surface area contributed by atoms with Crippen LogP contribution in [0.2, 0.25) is 0 Å². The van der Waals surface area contributed by atoms with Gasteiger partial charge in [-0.15, -0.1) is 0 Å². The summed E-state index contributed by atoms with van der Waals surface area (Å²) in [6.07, 6.45) is 0. The highest BCUT2D eigenvalue weighted by molar-refractivity contribution is 5.95. The minimum Gasteiger partial charge on any atom is -0.326 e. The van der Waals surface area contributed by atoms with Crippen LogP contribution in [0, 0.1) is 11.2 Å². The Morgan fingerprint density at radius 3 is 2.25 bits per heavy atom. The van der Waals surface area contributed by atoms with Crippen LogP contribution in [0.25, 0.3) is 11.1 Å². The maximum Gasteiger partial charge on any atom is 0.229 e.